The molecule has 1 aromatic heterocycles. The van der Waals surface area contributed by atoms with Crippen molar-refractivity contribution < 1.29 is 13.9 Å². The van der Waals surface area contributed by atoms with Gasteiger partial charge in [0.1, 0.15) is 5.82 Å². The Kier molecular flexibility index (Phi) is 7.48. The molecule has 0 fully saturated rings. The van der Waals surface area contributed by atoms with Crippen molar-refractivity contribution in [2.75, 3.05) is 33.5 Å². The van der Waals surface area contributed by atoms with Crippen LogP contribution in [0.25, 0.3) is 0 Å². The lowest BCUT2D eigenvalue weighted by molar-refractivity contribution is 0.0581. The number of methoxy groups -OCH3 is 1. The van der Waals surface area contributed by atoms with Crippen molar-refractivity contribution in [3.05, 3.63) is 29.8 Å². The molecule has 1 N–H and O–H groups in total. The van der Waals surface area contributed by atoms with Crippen molar-refractivity contribution in [2.45, 2.75) is 19.4 Å². The van der Waals surface area contributed by atoms with Crippen LogP contribution in [-0.4, -0.2) is 38.5 Å². The van der Waals surface area contributed by atoms with Gasteiger partial charge in [0, 0.05) is 18.9 Å². The summed E-state index contributed by atoms with van der Waals surface area (Å²) in [6.07, 6.45) is 3.81. The minimum absolute atomic E-state index is 0.148. The van der Waals surface area contributed by atoms with E-state index in [1.54, 1.807) is 19.4 Å². The third-order valence-corrected chi connectivity index (χ3v) is 2.54. The van der Waals surface area contributed by atoms with Crippen LogP contribution in [0.2, 0.25) is 0 Å². The predicted molar refractivity (Wildman–Crippen MR) is 67.9 cm³/mol. The summed E-state index contributed by atoms with van der Waals surface area (Å²) in [5, 5.41) is 3.27. The van der Waals surface area contributed by atoms with Crippen LogP contribution in [-0.2, 0) is 9.47 Å². The first-order valence-corrected chi connectivity index (χ1v) is 6.19. The molecule has 0 aliphatic rings. The standard InChI is InChI=1S/C13H21FN2O2/c1-3-5-16-13(10-18-8-7-17-2)11-4-6-15-9-12(11)14/h4,6,9,13,16H,3,5,7-8,10H2,1-2H3. The van der Waals surface area contributed by atoms with E-state index >= 15 is 0 Å². The zero-order valence-electron chi connectivity index (χ0n) is 11.0. The van der Waals surface area contributed by atoms with Crippen molar-refractivity contribution >= 4 is 0 Å². The van der Waals surface area contributed by atoms with Crippen molar-refractivity contribution in [3.63, 3.8) is 0 Å². The van der Waals surface area contributed by atoms with Crippen molar-refractivity contribution in [3.8, 4) is 0 Å². The second-order valence-electron chi connectivity index (χ2n) is 3.97. The molecule has 0 spiro atoms. The fourth-order valence-electron chi connectivity index (χ4n) is 1.59. The van der Waals surface area contributed by atoms with Gasteiger partial charge in [-0.3, -0.25) is 4.98 Å². The number of aromatic nitrogens is 1. The third kappa shape index (κ3) is 5.08. The summed E-state index contributed by atoms with van der Waals surface area (Å²) >= 11 is 0. The number of pyridine rings is 1. The average molecular weight is 256 g/mol. The first-order valence-electron chi connectivity index (χ1n) is 6.19. The number of ether oxygens (including phenoxy) is 2. The zero-order valence-corrected chi connectivity index (χ0v) is 11.0. The molecule has 0 radical (unpaired) electrons. The Hall–Kier alpha value is -1.04. The van der Waals surface area contributed by atoms with Gasteiger partial charge in [0.15, 0.2) is 0 Å². The molecule has 18 heavy (non-hydrogen) atoms. The minimum Gasteiger partial charge on any atom is -0.382 e. The molecule has 5 heteroatoms. The first kappa shape index (κ1) is 15.0. The molecule has 4 nitrogen and oxygen atoms in total. The second-order valence-corrected chi connectivity index (χ2v) is 3.97. The molecular formula is C13H21FN2O2. The van der Waals surface area contributed by atoms with Crippen molar-refractivity contribution in [2.24, 2.45) is 0 Å². The lowest BCUT2D eigenvalue weighted by Crippen LogP contribution is -2.27. The maximum absolute atomic E-state index is 13.7. The van der Waals surface area contributed by atoms with E-state index in [1.807, 2.05) is 0 Å². The Balaban J connectivity index is 2.57. The fraction of sp³-hybridized carbons (Fsp3) is 0.615. The van der Waals surface area contributed by atoms with E-state index in [0.717, 1.165) is 13.0 Å². The highest BCUT2D eigenvalue weighted by Gasteiger charge is 2.15. The molecule has 1 rings (SSSR count). The molecular weight excluding hydrogens is 235 g/mol. The van der Waals surface area contributed by atoms with Gasteiger partial charge < -0.3 is 14.8 Å². The van der Waals surface area contributed by atoms with Gasteiger partial charge in [0.2, 0.25) is 0 Å². The molecule has 1 unspecified atom stereocenters. The normalized spacial score (nSPS) is 12.6. The van der Waals surface area contributed by atoms with Crippen LogP contribution < -0.4 is 5.32 Å². The molecule has 0 aliphatic carbocycles. The highest BCUT2D eigenvalue weighted by molar-refractivity contribution is 5.17. The van der Waals surface area contributed by atoms with Crippen LogP contribution in [0.5, 0.6) is 0 Å². The molecule has 1 aromatic rings. The van der Waals surface area contributed by atoms with E-state index in [4.69, 9.17) is 9.47 Å². The lowest BCUT2D eigenvalue weighted by atomic mass is 10.1. The van der Waals surface area contributed by atoms with Crippen LogP contribution in [0.15, 0.2) is 18.5 Å². The van der Waals surface area contributed by atoms with Gasteiger partial charge >= 0.3 is 0 Å². The predicted octanol–water partition coefficient (Wildman–Crippen LogP) is 1.92. The van der Waals surface area contributed by atoms with Crippen LogP contribution in [0.1, 0.15) is 24.9 Å². The van der Waals surface area contributed by atoms with Gasteiger partial charge in [0.25, 0.3) is 0 Å². The molecule has 1 atom stereocenters. The Bertz CT molecular complexity index is 337. The van der Waals surface area contributed by atoms with E-state index in [1.165, 1.54) is 6.20 Å². The first-order chi connectivity index (χ1) is 8.79. The summed E-state index contributed by atoms with van der Waals surface area (Å²) in [5.41, 5.74) is 0.593. The summed E-state index contributed by atoms with van der Waals surface area (Å²) in [6, 6.07) is 1.53. The Morgan fingerprint density at radius 2 is 2.28 bits per heavy atom. The van der Waals surface area contributed by atoms with Gasteiger partial charge in [-0.05, 0) is 19.0 Å². The third-order valence-electron chi connectivity index (χ3n) is 2.54. The summed E-state index contributed by atoms with van der Waals surface area (Å²) in [6.45, 7) is 4.36. The SMILES string of the molecule is CCCNC(COCCOC)c1ccncc1F. The Morgan fingerprint density at radius 1 is 1.44 bits per heavy atom. The molecule has 0 aromatic carbocycles. The summed E-state index contributed by atoms with van der Waals surface area (Å²) in [5.74, 6) is -0.304. The minimum atomic E-state index is -0.304. The van der Waals surface area contributed by atoms with E-state index in [0.29, 0.717) is 25.4 Å². The summed E-state index contributed by atoms with van der Waals surface area (Å²) in [7, 11) is 1.62. The Labute approximate surface area is 108 Å². The molecule has 0 bridgehead atoms. The summed E-state index contributed by atoms with van der Waals surface area (Å²) < 4.78 is 24.0. The van der Waals surface area contributed by atoms with Crippen molar-refractivity contribution in [1.82, 2.24) is 10.3 Å². The molecule has 0 amide bonds. The lowest BCUT2D eigenvalue weighted by Gasteiger charge is -2.19. The average Bonchev–Trinajstić information content (AvgIpc) is 2.39. The summed E-state index contributed by atoms with van der Waals surface area (Å²) in [4.78, 5) is 3.75. The van der Waals surface area contributed by atoms with Gasteiger partial charge in [-0.2, -0.15) is 0 Å². The molecule has 1 heterocycles. The van der Waals surface area contributed by atoms with Gasteiger partial charge in [-0.15, -0.1) is 0 Å². The van der Waals surface area contributed by atoms with E-state index in [-0.39, 0.29) is 11.9 Å². The fourth-order valence-corrected chi connectivity index (χ4v) is 1.59. The van der Waals surface area contributed by atoms with Crippen LogP contribution in [0.4, 0.5) is 4.39 Å². The number of nitrogens with zero attached hydrogens (tertiary/aromatic N) is 1. The Morgan fingerprint density at radius 3 is 2.94 bits per heavy atom. The number of rotatable bonds is 9. The second kappa shape index (κ2) is 8.97. The van der Waals surface area contributed by atoms with Gasteiger partial charge in [-0.25, -0.2) is 4.39 Å². The molecule has 102 valence electrons. The van der Waals surface area contributed by atoms with E-state index in [2.05, 4.69) is 17.2 Å². The highest BCUT2D eigenvalue weighted by Crippen LogP contribution is 2.16. The number of halogens is 1. The molecule has 0 aliphatic heterocycles. The number of nitrogens with one attached hydrogen (secondary N) is 1. The van der Waals surface area contributed by atoms with Crippen LogP contribution in [0.3, 0.4) is 0 Å². The number of hydrogen-bond acceptors (Lipinski definition) is 4. The monoisotopic (exact) mass is 256 g/mol. The maximum atomic E-state index is 13.7. The van der Waals surface area contributed by atoms with Crippen LogP contribution in [0, 0.1) is 5.82 Å². The van der Waals surface area contributed by atoms with Gasteiger partial charge in [-0.1, -0.05) is 6.92 Å². The smallest absolute Gasteiger partial charge is 0.146 e. The van der Waals surface area contributed by atoms with Gasteiger partial charge in [0.05, 0.1) is 32.1 Å². The molecule has 0 saturated heterocycles. The van der Waals surface area contributed by atoms with E-state index in [9.17, 15) is 4.39 Å². The zero-order chi connectivity index (χ0) is 13.2. The van der Waals surface area contributed by atoms with E-state index < -0.39 is 0 Å². The maximum Gasteiger partial charge on any atom is 0.146 e. The quantitative estimate of drug-likeness (QED) is 0.686. The molecule has 0 saturated carbocycles. The number of hydrogen-bond donors (Lipinski definition) is 1. The van der Waals surface area contributed by atoms with Crippen LogP contribution >= 0.6 is 0 Å². The topological polar surface area (TPSA) is 43.4 Å². The van der Waals surface area contributed by atoms with Crippen molar-refractivity contribution in [1.29, 1.82) is 0 Å². The highest BCUT2D eigenvalue weighted by atomic mass is 19.1. The largest absolute Gasteiger partial charge is 0.382 e.